The normalized spacial score (nSPS) is 20.7. The molecule has 1 saturated heterocycles. The van der Waals surface area contributed by atoms with Gasteiger partial charge in [-0.25, -0.2) is 4.58 Å². The van der Waals surface area contributed by atoms with E-state index in [1.807, 2.05) is 0 Å². The minimum atomic E-state index is 0.511. The van der Waals surface area contributed by atoms with Crippen molar-refractivity contribution < 1.29 is 4.58 Å². The van der Waals surface area contributed by atoms with Crippen molar-refractivity contribution in [2.75, 3.05) is 13.1 Å². The molecule has 1 heterocycles. The Morgan fingerprint density at radius 2 is 1.74 bits per heavy atom. The van der Waals surface area contributed by atoms with E-state index < -0.39 is 0 Å². The van der Waals surface area contributed by atoms with Crippen LogP contribution in [0.15, 0.2) is 48.5 Å². The van der Waals surface area contributed by atoms with Crippen molar-refractivity contribution in [2.45, 2.75) is 38.0 Å². The summed E-state index contributed by atoms with van der Waals surface area (Å²) in [5.41, 5.74) is 6.02. The predicted octanol–water partition coefficient (Wildman–Crippen LogP) is 4.86. The van der Waals surface area contributed by atoms with Gasteiger partial charge in [0.05, 0.1) is 5.92 Å². The third kappa shape index (κ3) is 3.07. The molecule has 0 saturated carbocycles. The predicted molar refractivity (Wildman–Crippen MR) is 96.9 cm³/mol. The quantitative estimate of drug-likeness (QED) is 0.694. The fraction of sp³-hybridized carbons (Fsp3) is 0.381. The second-order valence-corrected chi connectivity index (χ2v) is 7.21. The number of aryl methyl sites for hydroxylation is 1. The molecule has 0 bridgehead atoms. The molecule has 118 valence electrons. The van der Waals surface area contributed by atoms with Crippen LogP contribution in [-0.2, 0) is 12.8 Å². The Balaban J connectivity index is 1.76. The van der Waals surface area contributed by atoms with Crippen LogP contribution in [0.25, 0.3) is 0 Å². The molecule has 0 aromatic heterocycles. The minimum Gasteiger partial charge on any atom is -0.236 e. The lowest BCUT2D eigenvalue weighted by molar-refractivity contribution is -0.509. The van der Waals surface area contributed by atoms with E-state index in [1.165, 1.54) is 49.0 Å². The molecule has 1 aliphatic carbocycles. The number of hydrogen-bond donors (Lipinski definition) is 0. The summed E-state index contributed by atoms with van der Waals surface area (Å²) in [4.78, 5) is 0. The van der Waals surface area contributed by atoms with E-state index in [9.17, 15) is 0 Å². The summed E-state index contributed by atoms with van der Waals surface area (Å²) in [5.74, 6) is 0.511. The number of fused-ring (bicyclic) bond motifs is 1. The minimum absolute atomic E-state index is 0.511. The van der Waals surface area contributed by atoms with E-state index in [0.717, 1.165) is 17.9 Å². The maximum atomic E-state index is 6.23. The molecule has 2 heteroatoms. The molecule has 1 atom stereocenters. The SMILES string of the molecule is Clc1ccc2c(c1)CCC(=[N+]1CCCC1)C2Cc1ccccc1. The van der Waals surface area contributed by atoms with Gasteiger partial charge in [-0.1, -0.05) is 48.0 Å². The van der Waals surface area contributed by atoms with Gasteiger partial charge in [0.15, 0.2) is 5.71 Å². The average Bonchev–Trinajstić information content (AvgIpc) is 3.10. The van der Waals surface area contributed by atoms with E-state index in [0.29, 0.717) is 5.92 Å². The van der Waals surface area contributed by atoms with Crippen molar-refractivity contribution in [3.8, 4) is 0 Å². The van der Waals surface area contributed by atoms with Crippen LogP contribution in [0.3, 0.4) is 0 Å². The summed E-state index contributed by atoms with van der Waals surface area (Å²) >= 11 is 6.23. The van der Waals surface area contributed by atoms with E-state index in [-0.39, 0.29) is 0 Å². The van der Waals surface area contributed by atoms with E-state index in [1.54, 1.807) is 5.71 Å². The molecule has 1 aliphatic heterocycles. The van der Waals surface area contributed by atoms with Crippen LogP contribution in [0.4, 0.5) is 0 Å². The summed E-state index contributed by atoms with van der Waals surface area (Å²) in [6, 6.07) is 17.4. The van der Waals surface area contributed by atoms with E-state index in [2.05, 4.69) is 53.1 Å². The highest BCUT2D eigenvalue weighted by Crippen LogP contribution is 2.34. The smallest absolute Gasteiger partial charge is 0.160 e. The molecule has 0 radical (unpaired) electrons. The Kier molecular flexibility index (Phi) is 4.22. The van der Waals surface area contributed by atoms with Crippen LogP contribution in [0.1, 0.15) is 41.9 Å². The Hall–Kier alpha value is -1.60. The van der Waals surface area contributed by atoms with Gasteiger partial charge in [0.25, 0.3) is 0 Å². The van der Waals surface area contributed by atoms with Gasteiger partial charge in [-0.15, -0.1) is 0 Å². The number of halogens is 1. The highest BCUT2D eigenvalue weighted by Gasteiger charge is 2.33. The van der Waals surface area contributed by atoms with Crippen molar-refractivity contribution in [1.82, 2.24) is 0 Å². The Bertz CT molecular complexity index is 725. The lowest BCUT2D eigenvalue weighted by Gasteiger charge is -2.26. The van der Waals surface area contributed by atoms with Gasteiger partial charge in [-0.05, 0) is 41.7 Å². The Labute approximate surface area is 143 Å². The number of benzene rings is 2. The van der Waals surface area contributed by atoms with Crippen LogP contribution in [0.5, 0.6) is 0 Å². The lowest BCUT2D eigenvalue weighted by atomic mass is 9.78. The van der Waals surface area contributed by atoms with Gasteiger partial charge in [0.2, 0.25) is 0 Å². The Morgan fingerprint density at radius 3 is 2.52 bits per heavy atom. The molecule has 2 aromatic carbocycles. The summed E-state index contributed by atoms with van der Waals surface area (Å²) in [5, 5.41) is 0.867. The summed E-state index contributed by atoms with van der Waals surface area (Å²) in [6.07, 6.45) is 6.10. The monoisotopic (exact) mass is 324 g/mol. The first kappa shape index (κ1) is 15.0. The van der Waals surface area contributed by atoms with Crippen molar-refractivity contribution >= 4 is 17.3 Å². The molecule has 1 nitrogen and oxygen atoms in total. The summed E-state index contributed by atoms with van der Waals surface area (Å²) in [7, 11) is 0. The van der Waals surface area contributed by atoms with E-state index in [4.69, 9.17) is 11.6 Å². The summed E-state index contributed by atoms with van der Waals surface area (Å²) in [6.45, 7) is 2.48. The van der Waals surface area contributed by atoms with Crippen LogP contribution >= 0.6 is 11.6 Å². The van der Waals surface area contributed by atoms with E-state index >= 15 is 0 Å². The third-order valence-corrected chi connectivity index (χ3v) is 5.56. The molecular formula is C21H23ClN+. The zero-order chi connectivity index (χ0) is 15.6. The van der Waals surface area contributed by atoms with Crippen LogP contribution in [0, 0.1) is 0 Å². The zero-order valence-corrected chi connectivity index (χ0v) is 14.2. The lowest BCUT2D eigenvalue weighted by Crippen LogP contribution is -2.31. The standard InChI is InChI=1S/C21H23ClN/c22-18-9-10-19-17(15-18)8-11-21(23-12-4-5-13-23)20(19)14-16-6-2-1-3-7-16/h1-3,6-7,9-10,15,20H,4-5,8,11-14H2/q+1. The van der Waals surface area contributed by atoms with Gasteiger partial charge in [0.1, 0.15) is 13.1 Å². The molecule has 0 N–H and O–H groups in total. The van der Waals surface area contributed by atoms with Gasteiger partial charge in [-0.2, -0.15) is 0 Å². The van der Waals surface area contributed by atoms with Crippen molar-refractivity contribution in [3.05, 3.63) is 70.2 Å². The molecule has 1 fully saturated rings. The highest BCUT2D eigenvalue weighted by molar-refractivity contribution is 6.30. The fourth-order valence-electron chi connectivity index (χ4n) is 4.21. The average molecular weight is 325 g/mol. The molecule has 23 heavy (non-hydrogen) atoms. The van der Waals surface area contributed by atoms with Gasteiger partial charge < -0.3 is 0 Å². The summed E-state index contributed by atoms with van der Waals surface area (Å²) < 4.78 is 2.66. The second-order valence-electron chi connectivity index (χ2n) is 6.77. The number of nitrogens with zero attached hydrogens (tertiary/aromatic N) is 1. The molecule has 1 unspecified atom stereocenters. The maximum absolute atomic E-state index is 6.23. The first-order chi connectivity index (χ1) is 11.3. The van der Waals surface area contributed by atoms with Crippen LogP contribution in [0.2, 0.25) is 5.02 Å². The molecule has 0 spiro atoms. The van der Waals surface area contributed by atoms with Gasteiger partial charge >= 0.3 is 0 Å². The number of hydrogen-bond acceptors (Lipinski definition) is 0. The molecule has 2 aromatic rings. The van der Waals surface area contributed by atoms with Crippen molar-refractivity contribution in [3.63, 3.8) is 0 Å². The van der Waals surface area contributed by atoms with Crippen LogP contribution in [-0.4, -0.2) is 23.4 Å². The molecule has 2 aliphatic rings. The second kappa shape index (κ2) is 6.49. The first-order valence-corrected chi connectivity index (χ1v) is 9.12. The largest absolute Gasteiger partial charge is 0.236 e. The highest BCUT2D eigenvalue weighted by atomic mass is 35.5. The van der Waals surface area contributed by atoms with Gasteiger partial charge in [0, 0.05) is 24.3 Å². The Morgan fingerprint density at radius 1 is 0.957 bits per heavy atom. The van der Waals surface area contributed by atoms with Gasteiger partial charge in [-0.3, -0.25) is 0 Å². The molecule has 4 rings (SSSR count). The van der Waals surface area contributed by atoms with Crippen molar-refractivity contribution in [1.29, 1.82) is 0 Å². The molecular weight excluding hydrogens is 302 g/mol. The third-order valence-electron chi connectivity index (χ3n) is 5.33. The number of rotatable bonds is 2. The van der Waals surface area contributed by atoms with Crippen molar-refractivity contribution in [2.24, 2.45) is 0 Å². The van der Waals surface area contributed by atoms with Crippen LogP contribution < -0.4 is 0 Å². The topological polar surface area (TPSA) is 3.01 Å². The first-order valence-electron chi connectivity index (χ1n) is 8.74. The zero-order valence-electron chi connectivity index (χ0n) is 13.5. The maximum Gasteiger partial charge on any atom is 0.160 e. The fourth-order valence-corrected chi connectivity index (χ4v) is 4.40. The molecule has 0 amide bonds.